The van der Waals surface area contributed by atoms with Crippen molar-refractivity contribution in [2.75, 3.05) is 19.7 Å². The molecule has 1 saturated heterocycles. The Hall–Kier alpha value is -5.25. The van der Waals surface area contributed by atoms with Crippen LogP contribution in [0.2, 0.25) is 0 Å². The van der Waals surface area contributed by atoms with E-state index in [1.807, 2.05) is 85.8 Å². The molecule has 10 nitrogen and oxygen atoms in total. The monoisotopic (exact) mass is 703 g/mol. The first-order valence-electron chi connectivity index (χ1n) is 18.3. The first kappa shape index (κ1) is 36.5. The predicted molar refractivity (Wildman–Crippen MR) is 200 cm³/mol. The molecule has 3 heterocycles. The molecular weight excluding hydrogens is 654 g/mol. The molecule has 52 heavy (non-hydrogen) atoms. The summed E-state index contributed by atoms with van der Waals surface area (Å²) in [6.45, 7) is 7.48. The number of piperidine rings is 1. The maximum atomic E-state index is 14.3. The quantitative estimate of drug-likeness (QED) is 0.255. The van der Waals surface area contributed by atoms with Gasteiger partial charge in [-0.3, -0.25) is 24.2 Å². The number of aryl methyl sites for hydroxylation is 2. The number of fused-ring (bicyclic) bond motifs is 5. The van der Waals surface area contributed by atoms with Crippen molar-refractivity contribution in [2.24, 2.45) is 5.92 Å². The van der Waals surface area contributed by atoms with Gasteiger partial charge < -0.3 is 25.6 Å². The Morgan fingerprint density at radius 3 is 2.63 bits per heavy atom. The molecule has 0 aliphatic carbocycles. The van der Waals surface area contributed by atoms with Crippen molar-refractivity contribution in [3.8, 4) is 5.75 Å². The molecule has 4 aromatic rings. The maximum absolute atomic E-state index is 14.3. The summed E-state index contributed by atoms with van der Waals surface area (Å²) < 4.78 is 6.14. The first-order chi connectivity index (χ1) is 25.1. The second-order valence-corrected chi connectivity index (χ2v) is 14.6. The van der Waals surface area contributed by atoms with Crippen molar-refractivity contribution in [1.82, 2.24) is 25.8 Å². The highest BCUT2D eigenvalue weighted by molar-refractivity contribution is 5.97. The summed E-state index contributed by atoms with van der Waals surface area (Å²) in [4.78, 5) is 62.3. The number of nitrogens with one attached hydrogen (secondary N) is 3. The summed E-state index contributed by atoms with van der Waals surface area (Å²) in [6.07, 6.45) is 4.97. The summed E-state index contributed by atoms with van der Waals surface area (Å²) in [7, 11) is 0. The van der Waals surface area contributed by atoms with Gasteiger partial charge in [-0.2, -0.15) is 0 Å². The van der Waals surface area contributed by atoms with Crippen LogP contribution in [0.3, 0.4) is 0 Å². The van der Waals surface area contributed by atoms with Gasteiger partial charge in [-0.1, -0.05) is 48.5 Å². The van der Waals surface area contributed by atoms with Gasteiger partial charge in [-0.25, -0.2) is 0 Å². The maximum Gasteiger partial charge on any atom is 0.243 e. The van der Waals surface area contributed by atoms with Gasteiger partial charge in [0.05, 0.1) is 24.0 Å². The Labute approximate surface area is 305 Å². The number of pyridine rings is 1. The third-order valence-corrected chi connectivity index (χ3v) is 10.5. The van der Waals surface area contributed by atoms with Crippen LogP contribution >= 0.6 is 0 Å². The summed E-state index contributed by atoms with van der Waals surface area (Å²) >= 11 is 0. The third-order valence-electron chi connectivity index (χ3n) is 10.5. The number of nitrogens with zero attached hydrogens (tertiary/aromatic N) is 2. The Kier molecular flexibility index (Phi) is 11.5. The van der Waals surface area contributed by atoms with Crippen LogP contribution in [0.4, 0.5) is 0 Å². The molecule has 272 valence electrons. The van der Waals surface area contributed by atoms with Crippen molar-refractivity contribution >= 4 is 34.5 Å². The van der Waals surface area contributed by atoms with Gasteiger partial charge in [0.25, 0.3) is 0 Å². The molecule has 3 N–H and O–H groups in total. The van der Waals surface area contributed by atoms with Gasteiger partial charge in [0.15, 0.2) is 0 Å². The Bertz CT molecular complexity index is 1910. The molecule has 10 heteroatoms. The van der Waals surface area contributed by atoms with Crippen molar-refractivity contribution in [1.29, 1.82) is 0 Å². The minimum Gasteiger partial charge on any atom is -0.494 e. The van der Waals surface area contributed by atoms with Crippen LogP contribution in [0, 0.1) is 12.8 Å². The fraction of sp³-hybridized carbons (Fsp3) is 0.405. The Balaban J connectivity index is 1.29. The largest absolute Gasteiger partial charge is 0.494 e. The zero-order valence-corrected chi connectivity index (χ0v) is 30.3. The molecule has 2 aliphatic rings. The number of hydrogen-bond acceptors (Lipinski definition) is 6. The molecule has 6 rings (SSSR count). The van der Waals surface area contributed by atoms with Gasteiger partial charge >= 0.3 is 0 Å². The van der Waals surface area contributed by atoms with Crippen LogP contribution in [-0.4, -0.2) is 65.3 Å². The van der Waals surface area contributed by atoms with E-state index in [9.17, 15) is 19.2 Å². The SMILES string of the molecule is Cc1ccc2cc1CNC(=O)[C@H](CCc1ccccc1)NC(=O)[C@@H](NC(=O)C(C)(C)c1ccc3ncccc3c1)CC(=O)N1CCCC(CCO2)C1. The van der Waals surface area contributed by atoms with E-state index in [1.165, 1.54) is 0 Å². The summed E-state index contributed by atoms with van der Waals surface area (Å²) in [5.41, 5.74) is 3.47. The lowest BCUT2D eigenvalue weighted by atomic mass is 9.82. The molecule has 0 saturated carbocycles. The van der Waals surface area contributed by atoms with Crippen molar-refractivity contribution in [3.63, 3.8) is 0 Å². The Morgan fingerprint density at radius 2 is 1.81 bits per heavy atom. The highest BCUT2D eigenvalue weighted by Crippen LogP contribution is 2.28. The van der Waals surface area contributed by atoms with E-state index >= 15 is 0 Å². The second-order valence-electron chi connectivity index (χ2n) is 14.6. The summed E-state index contributed by atoms with van der Waals surface area (Å²) in [5, 5.41) is 9.79. The number of hydrogen-bond donors (Lipinski definition) is 3. The summed E-state index contributed by atoms with van der Waals surface area (Å²) in [5.74, 6) is -0.552. The topological polar surface area (TPSA) is 130 Å². The fourth-order valence-electron chi connectivity index (χ4n) is 7.05. The number of ether oxygens (including phenoxy) is 1. The van der Waals surface area contributed by atoms with Crippen molar-refractivity contribution in [2.45, 2.75) is 83.3 Å². The van der Waals surface area contributed by atoms with Crippen molar-refractivity contribution in [3.05, 3.63) is 107 Å². The number of aromatic nitrogens is 1. The molecule has 1 aromatic heterocycles. The van der Waals surface area contributed by atoms with E-state index in [0.717, 1.165) is 58.2 Å². The average Bonchev–Trinajstić information content (AvgIpc) is 3.15. The lowest BCUT2D eigenvalue weighted by Crippen LogP contribution is -2.57. The standard InChI is InChI=1S/C42H49N5O5/c1-28-13-16-34-24-32(28)26-44-39(49)36(17-14-29-9-5-4-6-10-29)45-40(50)37(25-38(48)47-21-8-11-30(27-47)19-22-52-34)46-41(51)42(2,3)33-15-18-35-31(23-33)12-7-20-43-35/h4-7,9-10,12-13,15-16,18,20,23-24,30,36-37H,8,11,14,17,19,21-22,25-27H2,1-3H3,(H,44,49)(H,45,50)(H,46,51)/t30?,36-,37-/m0/s1. The molecular formula is C42H49N5O5. The van der Waals surface area contributed by atoms with Crippen LogP contribution in [0.25, 0.3) is 10.9 Å². The van der Waals surface area contributed by atoms with E-state index in [1.54, 1.807) is 24.9 Å². The van der Waals surface area contributed by atoms with Gasteiger partial charge in [0.1, 0.15) is 17.8 Å². The second kappa shape index (κ2) is 16.4. The summed E-state index contributed by atoms with van der Waals surface area (Å²) in [6, 6.07) is 23.0. The van der Waals surface area contributed by atoms with Crippen LogP contribution in [0.1, 0.15) is 68.2 Å². The lowest BCUT2D eigenvalue weighted by molar-refractivity contribution is -0.139. The molecule has 1 fully saturated rings. The molecule has 3 atom stereocenters. The van der Waals surface area contributed by atoms with Gasteiger partial charge in [0.2, 0.25) is 23.6 Å². The van der Waals surface area contributed by atoms with Crippen LogP contribution in [0.5, 0.6) is 5.75 Å². The normalized spacial score (nSPS) is 20.6. The molecule has 0 spiro atoms. The number of amides is 4. The average molecular weight is 704 g/mol. The van der Waals surface area contributed by atoms with E-state index in [-0.39, 0.29) is 30.7 Å². The van der Waals surface area contributed by atoms with Crippen LogP contribution in [-0.2, 0) is 37.6 Å². The van der Waals surface area contributed by atoms with E-state index in [0.29, 0.717) is 32.5 Å². The predicted octanol–water partition coefficient (Wildman–Crippen LogP) is 5.15. The van der Waals surface area contributed by atoms with Crippen LogP contribution in [0.15, 0.2) is 85.1 Å². The minimum atomic E-state index is -1.20. The van der Waals surface area contributed by atoms with Gasteiger partial charge in [-0.05, 0) is 111 Å². The highest BCUT2D eigenvalue weighted by atomic mass is 16.5. The zero-order chi connectivity index (χ0) is 36.7. The third kappa shape index (κ3) is 8.96. The minimum absolute atomic E-state index is 0.213. The molecule has 4 bridgehead atoms. The Morgan fingerprint density at radius 1 is 0.981 bits per heavy atom. The molecule has 3 aromatic carbocycles. The number of rotatable bonds is 6. The van der Waals surface area contributed by atoms with E-state index in [2.05, 4.69) is 20.9 Å². The molecule has 2 aliphatic heterocycles. The molecule has 1 unspecified atom stereocenters. The number of carbonyl (C=O) groups is 4. The highest BCUT2D eigenvalue weighted by Gasteiger charge is 2.36. The smallest absolute Gasteiger partial charge is 0.243 e. The zero-order valence-electron chi connectivity index (χ0n) is 30.3. The first-order valence-corrected chi connectivity index (χ1v) is 18.3. The number of carbonyl (C=O) groups excluding carboxylic acids is 4. The van der Waals surface area contributed by atoms with Gasteiger partial charge in [0, 0.05) is 31.2 Å². The van der Waals surface area contributed by atoms with Gasteiger partial charge in [-0.15, -0.1) is 0 Å². The lowest BCUT2D eigenvalue weighted by Gasteiger charge is -2.34. The fourth-order valence-corrected chi connectivity index (χ4v) is 7.05. The molecule has 4 amide bonds. The van der Waals surface area contributed by atoms with Crippen LogP contribution < -0.4 is 20.7 Å². The molecule has 0 radical (unpaired) electrons. The van der Waals surface area contributed by atoms with E-state index in [4.69, 9.17) is 4.74 Å². The van der Waals surface area contributed by atoms with E-state index < -0.39 is 29.3 Å². The number of benzene rings is 3. The van der Waals surface area contributed by atoms with Crippen molar-refractivity contribution < 1.29 is 23.9 Å².